The number of carbonyl (C=O) groups is 1. The normalized spacial score (nSPS) is 19.1. The molecular formula is C16H25N3O. The minimum atomic E-state index is 0.132. The molecule has 1 unspecified atom stereocenters. The minimum Gasteiger partial charge on any atom is -0.316 e. The zero-order valence-electron chi connectivity index (χ0n) is 12.5. The van der Waals surface area contributed by atoms with Crippen LogP contribution in [0, 0.1) is 5.92 Å². The zero-order chi connectivity index (χ0) is 14.4. The Labute approximate surface area is 121 Å². The van der Waals surface area contributed by atoms with Crippen molar-refractivity contribution in [2.24, 2.45) is 5.92 Å². The number of nitrogens with zero attached hydrogens (tertiary/aromatic N) is 2. The van der Waals surface area contributed by atoms with Crippen LogP contribution >= 0.6 is 0 Å². The second-order valence-corrected chi connectivity index (χ2v) is 5.52. The predicted octanol–water partition coefficient (Wildman–Crippen LogP) is 1.53. The number of likely N-dealkylation sites (N-methyl/N-ethyl adjacent to an activating group) is 1. The summed E-state index contributed by atoms with van der Waals surface area (Å²) in [5.41, 5.74) is 1.31. The molecule has 2 rings (SSSR count). The molecule has 4 nitrogen and oxygen atoms in total. The largest absolute Gasteiger partial charge is 0.316 e. The minimum absolute atomic E-state index is 0.132. The van der Waals surface area contributed by atoms with Crippen LogP contribution in [0.1, 0.15) is 18.4 Å². The summed E-state index contributed by atoms with van der Waals surface area (Å²) in [7, 11) is 3.86. The van der Waals surface area contributed by atoms with Crippen molar-refractivity contribution >= 4 is 5.91 Å². The van der Waals surface area contributed by atoms with Crippen molar-refractivity contribution < 1.29 is 4.79 Å². The molecule has 1 N–H and O–H groups in total. The van der Waals surface area contributed by atoms with E-state index in [-0.39, 0.29) is 11.8 Å². The lowest BCUT2D eigenvalue weighted by Gasteiger charge is -2.33. The van der Waals surface area contributed by atoms with Crippen LogP contribution in [-0.2, 0) is 11.2 Å². The first-order chi connectivity index (χ1) is 9.68. The molecule has 1 aromatic carbocycles. The summed E-state index contributed by atoms with van der Waals surface area (Å²) in [5, 5.41) is 7.10. The zero-order valence-corrected chi connectivity index (χ0v) is 12.5. The van der Waals surface area contributed by atoms with Crippen LogP contribution in [0.4, 0.5) is 0 Å². The van der Waals surface area contributed by atoms with E-state index in [0.29, 0.717) is 0 Å². The highest BCUT2D eigenvalue weighted by molar-refractivity contribution is 5.78. The number of piperidine rings is 1. The van der Waals surface area contributed by atoms with E-state index in [2.05, 4.69) is 29.6 Å². The van der Waals surface area contributed by atoms with Gasteiger partial charge in [-0.2, -0.15) is 0 Å². The van der Waals surface area contributed by atoms with E-state index in [1.54, 1.807) is 5.01 Å². The van der Waals surface area contributed by atoms with Gasteiger partial charge in [0, 0.05) is 27.2 Å². The summed E-state index contributed by atoms with van der Waals surface area (Å²) < 4.78 is 0. The van der Waals surface area contributed by atoms with E-state index in [0.717, 1.165) is 38.9 Å². The first-order valence-corrected chi connectivity index (χ1v) is 7.41. The van der Waals surface area contributed by atoms with E-state index in [1.165, 1.54) is 5.56 Å². The average molecular weight is 275 g/mol. The first kappa shape index (κ1) is 15.0. The number of hydrogen-bond donors (Lipinski definition) is 1. The Kier molecular flexibility index (Phi) is 5.56. The molecule has 1 atom stereocenters. The molecule has 0 saturated carbocycles. The number of amides is 1. The van der Waals surface area contributed by atoms with E-state index < -0.39 is 0 Å². The van der Waals surface area contributed by atoms with Gasteiger partial charge in [0.15, 0.2) is 0 Å². The molecule has 0 radical (unpaired) electrons. The number of rotatable bonds is 5. The lowest BCUT2D eigenvalue weighted by molar-refractivity contribution is -0.148. The highest BCUT2D eigenvalue weighted by Gasteiger charge is 2.25. The Morgan fingerprint density at radius 3 is 2.70 bits per heavy atom. The molecular weight excluding hydrogens is 250 g/mol. The van der Waals surface area contributed by atoms with E-state index >= 15 is 0 Å². The van der Waals surface area contributed by atoms with Gasteiger partial charge in [0.1, 0.15) is 0 Å². The molecule has 4 heteroatoms. The summed E-state index contributed by atoms with van der Waals surface area (Å²) >= 11 is 0. The Morgan fingerprint density at radius 1 is 1.30 bits per heavy atom. The highest BCUT2D eigenvalue weighted by Crippen LogP contribution is 2.13. The fourth-order valence-corrected chi connectivity index (χ4v) is 2.58. The number of benzene rings is 1. The summed E-state index contributed by atoms with van der Waals surface area (Å²) in [5.74, 6) is 0.362. The van der Waals surface area contributed by atoms with Crippen molar-refractivity contribution in [2.45, 2.75) is 19.3 Å². The topological polar surface area (TPSA) is 35.6 Å². The van der Waals surface area contributed by atoms with Gasteiger partial charge in [-0.15, -0.1) is 0 Å². The van der Waals surface area contributed by atoms with Crippen molar-refractivity contribution in [3.8, 4) is 0 Å². The van der Waals surface area contributed by atoms with Crippen molar-refractivity contribution in [3.05, 3.63) is 35.9 Å². The summed E-state index contributed by atoms with van der Waals surface area (Å²) in [6.07, 6.45) is 3.05. The highest BCUT2D eigenvalue weighted by atomic mass is 16.2. The van der Waals surface area contributed by atoms with Crippen LogP contribution in [0.3, 0.4) is 0 Å². The third-order valence-electron chi connectivity index (χ3n) is 4.04. The van der Waals surface area contributed by atoms with Crippen LogP contribution < -0.4 is 5.32 Å². The molecule has 1 aliphatic heterocycles. The number of nitrogens with one attached hydrogen (secondary N) is 1. The lowest BCUT2D eigenvalue weighted by atomic mass is 9.99. The molecule has 20 heavy (non-hydrogen) atoms. The number of hydrogen-bond acceptors (Lipinski definition) is 3. The number of carbonyl (C=O) groups excluding carboxylic acids is 1. The van der Waals surface area contributed by atoms with Gasteiger partial charge < -0.3 is 5.32 Å². The smallest absolute Gasteiger partial charge is 0.240 e. The molecule has 1 amide bonds. The molecule has 0 aliphatic carbocycles. The van der Waals surface area contributed by atoms with Gasteiger partial charge in [-0.1, -0.05) is 30.3 Å². The van der Waals surface area contributed by atoms with Crippen LogP contribution in [-0.4, -0.2) is 49.7 Å². The third-order valence-corrected chi connectivity index (χ3v) is 4.04. The second kappa shape index (κ2) is 7.41. The van der Waals surface area contributed by atoms with Crippen LogP contribution in [0.25, 0.3) is 0 Å². The fraction of sp³-hybridized carbons (Fsp3) is 0.562. The van der Waals surface area contributed by atoms with Gasteiger partial charge in [-0.3, -0.25) is 9.80 Å². The van der Waals surface area contributed by atoms with Crippen LogP contribution in [0.2, 0.25) is 0 Å². The monoisotopic (exact) mass is 275 g/mol. The van der Waals surface area contributed by atoms with Crippen molar-refractivity contribution in [1.82, 2.24) is 15.3 Å². The maximum absolute atomic E-state index is 12.4. The Bertz CT molecular complexity index is 415. The van der Waals surface area contributed by atoms with Crippen molar-refractivity contribution in [2.75, 3.05) is 33.7 Å². The average Bonchev–Trinajstić information content (AvgIpc) is 2.53. The molecule has 1 aromatic rings. The van der Waals surface area contributed by atoms with Gasteiger partial charge >= 0.3 is 0 Å². The van der Waals surface area contributed by atoms with Crippen LogP contribution in [0.15, 0.2) is 30.3 Å². The van der Waals surface area contributed by atoms with Gasteiger partial charge in [-0.05, 0) is 31.4 Å². The van der Waals surface area contributed by atoms with Gasteiger partial charge in [0.05, 0.1) is 5.92 Å². The Hall–Kier alpha value is -1.39. The standard InChI is InChI=1S/C16H25N3O/c1-18(12-10-14-7-4-3-5-8-14)19(2)16(20)15-9-6-11-17-13-15/h3-5,7-8,15,17H,6,9-13H2,1-2H3. The molecule has 0 spiro atoms. The lowest BCUT2D eigenvalue weighted by Crippen LogP contribution is -2.48. The van der Waals surface area contributed by atoms with E-state index in [4.69, 9.17) is 0 Å². The van der Waals surface area contributed by atoms with Gasteiger partial charge in [-0.25, -0.2) is 5.01 Å². The molecule has 1 heterocycles. The molecule has 0 bridgehead atoms. The predicted molar refractivity (Wildman–Crippen MR) is 81.1 cm³/mol. The maximum atomic E-state index is 12.4. The van der Waals surface area contributed by atoms with Crippen molar-refractivity contribution in [1.29, 1.82) is 0 Å². The second-order valence-electron chi connectivity index (χ2n) is 5.52. The molecule has 1 fully saturated rings. The van der Waals surface area contributed by atoms with E-state index in [1.807, 2.05) is 25.2 Å². The molecule has 1 saturated heterocycles. The van der Waals surface area contributed by atoms with Crippen molar-refractivity contribution in [3.63, 3.8) is 0 Å². The summed E-state index contributed by atoms with van der Waals surface area (Å²) in [6, 6.07) is 10.4. The van der Waals surface area contributed by atoms with Crippen LogP contribution in [0.5, 0.6) is 0 Å². The summed E-state index contributed by atoms with van der Waals surface area (Å²) in [4.78, 5) is 12.4. The Morgan fingerprint density at radius 2 is 2.05 bits per heavy atom. The van der Waals surface area contributed by atoms with E-state index in [9.17, 15) is 4.79 Å². The third kappa shape index (κ3) is 4.05. The SMILES string of the molecule is CN(CCc1ccccc1)N(C)C(=O)C1CCCNC1. The molecule has 110 valence electrons. The maximum Gasteiger partial charge on any atom is 0.240 e. The van der Waals surface area contributed by atoms with Gasteiger partial charge in [0.2, 0.25) is 5.91 Å². The quantitative estimate of drug-likeness (QED) is 0.828. The number of hydrazine groups is 1. The Balaban J connectivity index is 1.81. The molecule has 1 aliphatic rings. The summed E-state index contributed by atoms with van der Waals surface area (Å²) in [6.45, 7) is 2.71. The fourth-order valence-electron chi connectivity index (χ4n) is 2.58. The van der Waals surface area contributed by atoms with Gasteiger partial charge in [0.25, 0.3) is 0 Å². The first-order valence-electron chi connectivity index (χ1n) is 7.41. The molecule has 0 aromatic heterocycles.